The topological polar surface area (TPSA) is 9.23 Å². The highest BCUT2D eigenvalue weighted by Gasteiger charge is 2.26. The van der Waals surface area contributed by atoms with E-state index in [9.17, 15) is 0 Å². The number of hydrogen-bond donors (Lipinski definition) is 0. The number of halogens is 2. The molecule has 1 rings (SSSR count). The van der Waals surface area contributed by atoms with Crippen LogP contribution in [0.1, 0.15) is 6.42 Å². The van der Waals surface area contributed by atoms with Crippen molar-refractivity contribution >= 4 is 31.9 Å². The Labute approximate surface area is 83.1 Å². The average molecular weight is 280 g/mol. The highest BCUT2D eigenvalue weighted by Crippen LogP contribution is 2.34. The first-order valence-corrected chi connectivity index (χ1v) is 4.76. The molecule has 1 unspecified atom stereocenters. The second kappa shape index (κ2) is 3.59. The van der Waals surface area contributed by atoms with Crippen molar-refractivity contribution in [2.75, 3.05) is 0 Å². The van der Waals surface area contributed by atoms with Crippen LogP contribution in [0.2, 0.25) is 0 Å². The van der Waals surface area contributed by atoms with Gasteiger partial charge in [0.1, 0.15) is 0 Å². The van der Waals surface area contributed by atoms with Crippen LogP contribution in [0.3, 0.4) is 0 Å². The van der Waals surface area contributed by atoms with E-state index >= 15 is 0 Å². The van der Waals surface area contributed by atoms with Gasteiger partial charge < -0.3 is 4.74 Å². The van der Waals surface area contributed by atoms with E-state index < -0.39 is 4.51 Å². The molecule has 0 aromatic heterocycles. The summed E-state index contributed by atoms with van der Waals surface area (Å²) in [4.78, 5) is 0. The third-order valence-electron chi connectivity index (χ3n) is 1.31. The van der Waals surface area contributed by atoms with Gasteiger partial charge in [0.15, 0.2) is 4.51 Å². The minimum atomic E-state index is -0.400. The molecule has 0 aliphatic heterocycles. The Morgan fingerprint density at radius 2 is 2.45 bits per heavy atom. The lowest BCUT2D eigenvalue weighted by molar-refractivity contribution is 0.163. The first-order chi connectivity index (χ1) is 5.16. The van der Waals surface area contributed by atoms with Crippen molar-refractivity contribution in [1.82, 2.24) is 0 Å². The molecule has 0 aromatic rings. The molecule has 60 valence electrons. The molecule has 0 radical (unpaired) electrons. The molecule has 1 atom stereocenters. The van der Waals surface area contributed by atoms with Gasteiger partial charge in [0, 0.05) is 10.9 Å². The monoisotopic (exact) mass is 278 g/mol. The van der Waals surface area contributed by atoms with Crippen LogP contribution < -0.4 is 0 Å². The second-order valence-electron chi connectivity index (χ2n) is 2.22. The third kappa shape index (κ3) is 2.49. The molecule has 0 fully saturated rings. The molecule has 3 heteroatoms. The average Bonchev–Trinajstić information content (AvgIpc) is 1.86. The summed E-state index contributed by atoms with van der Waals surface area (Å²) in [6, 6.07) is 0. The van der Waals surface area contributed by atoms with Gasteiger partial charge in [-0.25, -0.2) is 0 Å². The Morgan fingerprint density at radius 1 is 1.73 bits per heavy atom. The Hall–Kier alpha value is -0.0200. The molecule has 1 aliphatic rings. The maximum absolute atomic E-state index is 5.26. The number of alkyl halides is 1. The summed E-state index contributed by atoms with van der Waals surface area (Å²) >= 11 is 6.84. The van der Waals surface area contributed by atoms with Gasteiger partial charge >= 0.3 is 0 Å². The molecule has 0 amide bonds. The summed E-state index contributed by atoms with van der Waals surface area (Å²) in [5, 5.41) is 0. The molecule has 0 saturated heterocycles. The van der Waals surface area contributed by atoms with Crippen molar-refractivity contribution in [3.05, 3.63) is 35.6 Å². The molecule has 0 aromatic carbocycles. The van der Waals surface area contributed by atoms with Crippen LogP contribution in [0.4, 0.5) is 0 Å². The van der Waals surface area contributed by atoms with Crippen molar-refractivity contribution in [2.24, 2.45) is 0 Å². The van der Waals surface area contributed by atoms with E-state index in [1.54, 1.807) is 0 Å². The molecule has 0 saturated carbocycles. The summed E-state index contributed by atoms with van der Waals surface area (Å²) in [7, 11) is 0. The smallest absolute Gasteiger partial charge is 0.185 e. The van der Waals surface area contributed by atoms with Crippen LogP contribution >= 0.6 is 31.9 Å². The number of ether oxygens (including phenoxy) is 1. The van der Waals surface area contributed by atoms with E-state index in [1.165, 1.54) is 6.26 Å². The third-order valence-corrected chi connectivity index (χ3v) is 2.59. The quantitative estimate of drug-likeness (QED) is 0.556. The predicted molar refractivity (Wildman–Crippen MR) is 53.7 cm³/mol. The lowest BCUT2D eigenvalue weighted by Crippen LogP contribution is -2.20. The van der Waals surface area contributed by atoms with E-state index in [0.29, 0.717) is 0 Å². The van der Waals surface area contributed by atoms with E-state index in [-0.39, 0.29) is 0 Å². The van der Waals surface area contributed by atoms with Crippen LogP contribution in [0.15, 0.2) is 35.6 Å². The van der Waals surface area contributed by atoms with E-state index in [2.05, 4.69) is 38.4 Å². The molecule has 1 aliphatic carbocycles. The Balaban J connectivity index is 2.69. The van der Waals surface area contributed by atoms with Crippen molar-refractivity contribution in [2.45, 2.75) is 10.9 Å². The summed E-state index contributed by atoms with van der Waals surface area (Å²) in [5.74, 6) is 0. The van der Waals surface area contributed by atoms with Gasteiger partial charge in [-0.05, 0) is 22.0 Å². The fourth-order valence-electron chi connectivity index (χ4n) is 0.864. The van der Waals surface area contributed by atoms with Gasteiger partial charge in [-0.15, -0.1) is 0 Å². The van der Waals surface area contributed by atoms with Gasteiger partial charge in [0.2, 0.25) is 0 Å². The van der Waals surface area contributed by atoms with Crippen molar-refractivity contribution in [3.8, 4) is 0 Å². The zero-order valence-corrected chi connectivity index (χ0v) is 9.06. The minimum absolute atomic E-state index is 0.400. The highest BCUT2D eigenvalue weighted by molar-refractivity contribution is 9.12. The zero-order valence-electron chi connectivity index (χ0n) is 5.89. The maximum Gasteiger partial charge on any atom is 0.185 e. The van der Waals surface area contributed by atoms with Gasteiger partial charge in [-0.2, -0.15) is 0 Å². The van der Waals surface area contributed by atoms with Gasteiger partial charge in [0.25, 0.3) is 0 Å². The Kier molecular flexibility index (Phi) is 2.96. The molecular weight excluding hydrogens is 272 g/mol. The van der Waals surface area contributed by atoms with E-state index in [0.717, 1.165) is 10.9 Å². The molecule has 0 heterocycles. The van der Waals surface area contributed by atoms with Crippen LogP contribution in [0.25, 0.3) is 0 Å². The van der Waals surface area contributed by atoms with Crippen LogP contribution in [0, 0.1) is 0 Å². The Bertz CT molecular complexity index is 220. The van der Waals surface area contributed by atoms with Crippen molar-refractivity contribution in [3.63, 3.8) is 0 Å². The maximum atomic E-state index is 5.26. The fraction of sp³-hybridized carbons (Fsp3) is 0.250. The normalized spacial score (nSPS) is 29.5. The number of rotatable bonds is 2. The predicted octanol–water partition coefficient (Wildman–Crippen LogP) is 3.48. The van der Waals surface area contributed by atoms with Gasteiger partial charge in [-0.1, -0.05) is 34.7 Å². The zero-order chi connectivity index (χ0) is 8.32. The summed E-state index contributed by atoms with van der Waals surface area (Å²) in [5.41, 5.74) is 0. The highest BCUT2D eigenvalue weighted by atomic mass is 79.9. The lowest BCUT2D eigenvalue weighted by Gasteiger charge is -2.24. The van der Waals surface area contributed by atoms with Gasteiger partial charge in [-0.3, -0.25) is 0 Å². The van der Waals surface area contributed by atoms with Crippen molar-refractivity contribution < 1.29 is 4.74 Å². The van der Waals surface area contributed by atoms with Crippen LogP contribution in [0.5, 0.6) is 0 Å². The minimum Gasteiger partial charge on any atom is -0.480 e. The second-order valence-corrected chi connectivity index (χ2v) is 4.58. The van der Waals surface area contributed by atoms with Crippen LogP contribution in [-0.2, 0) is 4.74 Å². The molecule has 0 N–H and O–H groups in total. The first kappa shape index (κ1) is 9.07. The van der Waals surface area contributed by atoms with E-state index in [1.807, 2.05) is 18.2 Å². The summed E-state index contributed by atoms with van der Waals surface area (Å²) in [6.45, 7) is 3.50. The molecule has 11 heavy (non-hydrogen) atoms. The summed E-state index contributed by atoms with van der Waals surface area (Å²) in [6.07, 6.45) is 8.09. The molecule has 0 spiro atoms. The van der Waals surface area contributed by atoms with E-state index in [4.69, 9.17) is 4.74 Å². The van der Waals surface area contributed by atoms with Crippen molar-refractivity contribution in [1.29, 1.82) is 0 Å². The standard InChI is InChI=1S/C8H8Br2O/c1-2-11-8(10)5-3-4-7(9)6-8/h2-5H,1,6H2. The lowest BCUT2D eigenvalue weighted by atomic mass is 10.1. The number of allylic oxidation sites excluding steroid dienone is 2. The van der Waals surface area contributed by atoms with Gasteiger partial charge in [0.05, 0.1) is 6.26 Å². The molecule has 0 bridgehead atoms. The first-order valence-electron chi connectivity index (χ1n) is 3.18. The SMILES string of the molecule is C=COC1(Br)C=CC=C(Br)C1. The fourth-order valence-corrected chi connectivity index (χ4v) is 2.40. The summed E-state index contributed by atoms with van der Waals surface area (Å²) < 4.78 is 5.97. The van der Waals surface area contributed by atoms with Crippen LogP contribution in [-0.4, -0.2) is 4.51 Å². The Morgan fingerprint density at radius 3 is 3.00 bits per heavy atom. The molecular formula is C8H8Br2O. The number of hydrogen-bond acceptors (Lipinski definition) is 1. The molecule has 1 nitrogen and oxygen atoms in total. The largest absolute Gasteiger partial charge is 0.480 e.